The number of unbranched alkanes of at least 4 members (excludes halogenated alkanes) is 18. The van der Waals surface area contributed by atoms with Crippen molar-refractivity contribution in [1.29, 1.82) is 0 Å². The Kier molecular flexibility index (Phi) is 22.7. The standard InChI is InChI=1S/C33H61NO6/c1-5-6-7-8-9-10-11-12-13-14-15-16-17-18-19-20-21-22-23-24-25-26-27-34(28(2)31(35)36,29(3)32(37)38)30(4)33(39)40/h8-9,28-30H,5-7,10-27H2,1-4H3,(H2-,35,36,37,38,39,40)/b9-8+. The fourth-order valence-corrected chi connectivity index (χ4v) is 5.88. The van der Waals surface area contributed by atoms with E-state index in [9.17, 15) is 29.7 Å². The molecule has 0 aromatic carbocycles. The number of quaternary nitrogens is 1. The fourth-order valence-electron chi connectivity index (χ4n) is 5.88. The molecule has 0 aromatic rings. The first-order chi connectivity index (χ1) is 19.1. The second-order valence-electron chi connectivity index (χ2n) is 11.8. The van der Waals surface area contributed by atoms with E-state index in [0.29, 0.717) is 6.42 Å². The van der Waals surface area contributed by atoms with Gasteiger partial charge in [-0.25, -0.2) is 9.59 Å². The molecule has 0 aliphatic heterocycles. The molecule has 0 bridgehead atoms. The first-order valence-corrected chi connectivity index (χ1v) is 16.3. The maximum Gasteiger partial charge on any atom is 0.362 e. The van der Waals surface area contributed by atoms with Crippen LogP contribution in [-0.4, -0.2) is 57.3 Å². The molecule has 0 heterocycles. The zero-order valence-electron chi connectivity index (χ0n) is 26.2. The summed E-state index contributed by atoms with van der Waals surface area (Å²) in [5.74, 6) is -3.81. The molecule has 0 saturated carbocycles. The molecular weight excluding hydrogens is 506 g/mol. The van der Waals surface area contributed by atoms with Crippen molar-refractivity contribution in [3.63, 3.8) is 0 Å². The molecule has 0 rings (SSSR count). The summed E-state index contributed by atoms with van der Waals surface area (Å²) in [5.41, 5.74) is 0. The number of carbonyl (C=O) groups excluding carboxylic acids is 1. The van der Waals surface area contributed by atoms with Crippen molar-refractivity contribution in [3.8, 4) is 0 Å². The molecule has 3 atom stereocenters. The van der Waals surface area contributed by atoms with Gasteiger partial charge in [-0.2, -0.15) is 0 Å². The molecule has 234 valence electrons. The van der Waals surface area contributed by atoms with Crippen LogP contribution in [0.5, 0.6) is 0 Å². The molecule has 0 radical (unpaired) electrons. The summed E-state index contributed by atoms with van der Waals surface area (Å²) in [6, 6.07) is -3.55. The van der Waals surface area contributed by atoms with Crippen LogP contribution in [0.3, 0.4) is 0 Å². The van der Waals surface area contributed by atoms with Gasteiger partial charge in [0.2, 0.25) is 0 Å². The van der Waals surface area contributed by atoms with Crippen LogP contribution in [0.1, 0.15) is 156 Å². The van der Waals surface area contributed by atoms with Crippen LogP contribution in [0.2, 0.25) is 0 Å². The second kappa shape index (κ2) is 23.8. The Balaban J connectivity index is 3.96. The van der Waals surface area contributed by atoms with E-state index in [2.05, 4.69) is 19.1 Å². The van der Waals surface area contributed by atoms with Gasteiger partial charge in [-0.05, 0) is 52.9 Å². The maximum atomic E-state index is 11.8. The normalized spacial score (nSPS) is 15.5. The summed E-state index contributed by atoms with van der Waals surface area (Å²) in [6.07, 6.45) is 29.0. The molecule has 7 heteroatoms. The van der Waals surface area contributed by atoms with Crippen LogP contribution in [0.15, 0.2) is 12.2 Å². The third-order valence-corrected chi connectivity index (χ3v) is 8.78. The molecule has 40 heavy (non-hydrogen) atoms. The molecule has 7 nitrogen and oxygen atoms in total. The van der Waals surface area contributed by atoms with Crippen LogP contribution in [0, 0.1) is 0 Å². The van der Waals surface area contributed by atoms with Gasteiger partial charge in [0, 0.05) is 0 Å². The molecule has 0 aliphatic rings. The van der Waals surface area contributed by atoms with E-state index in [4.69, 9.17) is 0 Å². The van der Waals surface area contributed by atoms with Crippen molar-refractivity contribution in [2.75, 3.05) is 6.54 Å². The number of allylic oxidation sites excluding steroid dienone is 2. The first kappa shape index (κ1) is 38.1. The molecule has 0 fully saturated rings. The topological polar surface area (TPSA) is 115 Å². The van der Waals surface area contributed by atoms with Gasteiger partial charge >= 0.3 is 11.9 Å². The summed E-state index contributed by atoms with van der Waals surface area (Å²) in [6.45, 7) is 6.59. The number of carbonyl (C=O) groups is 3. The quantitative estimate of drug-likeness (QED) is 0.0584. The van der Waals surface area contributed by atoms with Gasteiger partial charge in [0.05, 0.1) is 12.5 Å². The Labute approximate surface area is 245 Å². The number of aliphatic carboxylic acids is 3. The van der Waals surface area contributed by atoms with E-state index in [1.54, 1.807) is 0 Å². The summed E-state index contributed by atoms with van der Waals surface area (Å²) in [7, 11) is 0. The zero-order chi connectivity index (χ0) is 30.2. The average molecular weight is 568 g/mol. The maximum absolute atomic E-state index is 11.8. The van der Waals surface area contributed by atoms with Crippen molar-refractivity contribution in [2.24, 2.45) is 0 Å². The predicted octanol–water partition coefficient (Wildman–Crippen LogP) is 7.27. The van der Waals surface area contributed by atoms with Crippen LogP contribution in [0.4, 0.5) is 0 Å². The van der Waals surface area contributed by atoms with Gasteiger partial charge in [-0.3, -0.25) is 4.48 Å². The molecular formula is C33H61NO6. The van der Waals surface area contributed by atoms with Crippen molar-refractivity contribution < 1.29 is 34.2 Å². The lowest BCUT2D eigenvalue weighted by Gasteiger charge is -2.49. The summed E-state index contributed by atoms with van der Waals surface area (Å²) in [4.78, 5) is 35.3. The lowest BCUT2D eigenvalue weighted by molar-refractivity contribution is -0.969. The van der Waals surface area contributed by atoms with Crippen LogP contribution in [0.25, 0.3) is 0 Å². The van der Waals surface area contributed by atoms with Gasteiger partial charge in [-0.1, -0.05) is 115 Å². The molecule has 2 N–H and O–H groups in total. The van der Waals surface area contributed by atoms with Gasteiger partial charge in [-0.15, -0.1) is 0 Å². The highest BCUT2D eigenvalue weighted by molar-refractivity contribution is 5.76. The van der Waals surface area contributed by atoms with Crippen molar-refractivity contribution in [2.45, 2.75) is 174 Å². The monoisotopic (exact) mass is 567 g/mol. The SMILES string of the molecule is CCCC/C=C/CCCCCCCCCCCCCCCCCC[N+](C(C)C(=O)[O-])(C(C)C(=O)O)C(C)C(=O)O. The molecule has 3 unspecified atom stereocenters. The number of hydrogen-bond donors (Lipinski definition) is 2. The van der Waals surface area contributed by atoms with Gasteiger partial charge < -0.3 is 20.1 Å². The lowest BCUT2D eigenvalue weighted by atomic mass is 9.99. The number of hydrogen-bond acceptors (Lipinski definition) is 4. The minimum absolute atomic E-state index is 0.187. The van der Waals surface area contributed by atoms with E-state index >= 15 is 0 Å². The summed E-state index contributed by atoms with van der Waals surface area (Å²) < 4.78 is -0.538. The molecule has 0 amide bonds. The second-order valence-corrected chi connectivity index (χ2v) is 11.8. The average Bonchev–Trinajstić information content (AvgIpc) is 2.92. The van der Waals surface area contributed by atoms with Crippen LogP contribution < -0.4 is 5.11 Å². The third kappa shape index (κ3) is 15.8. The highest BCUT2D eigenvalue weighted by Gasteiger charge is 2.50. The van der Waals surface area contributed by atoms with E-state index in [0.717, 1.165) is 19.3 Å². The summed E-state index contributed by atoms with van der Waals surface area (Å²) >= 11 is 0. The van der Waals surface area contributed by atoms with Crippen molar-refractivity contribution >= 4 is 17.9 Å². The molecule has 0 saturated heterocycles. The van der Waals surface area contributed by atoms with Crippen LogP contribution in [-0.2, 0) is 14.4 Å². The smallest absolute Gasteiger partial charge is 0.362 e. The Bertz CT molecular complexity index is 657. The highest BCUT2D eigenvalue weighted by Crippen LogP contribution is 2.27. The molecule has 0 aliphatic carbocycles. The van der Waals surface area contributed by atoms with Gasteiger partial charge in [0.25, 0.3) is 0 Å². The number of nitrogens with zero attached hydrogens (tertiary/aromatic N) is 1. The molecule has 0 aromatic heterocycles. The van der Waals surface area contributed by atoms with Crippen molar-refractivity contribution in [1.82, 2.24) is 0 Å². The minimum Gasteiger partial charge on any atom is -0.544 e. The Hall–Kier alpha value is -1.89. The highest BCUT2D eigenvalue weighted by atomic mass is 16.4. The van der Waals surface area contributed by atoms with Crippen molar-refractivity contribution in [3.05, 3.63) is 12.2 Å². The van der Waals surface area contributed by atoms with Crippen LogP contribution >= 0.6 is 0 Å². The predicted molar refractivity (Wildman–Crippen MR) is 161 cm³/mol. The zero-order valence-corrected chi connectivity index (χ0v) is 26.2. The van der Waals surface area contributed by atoms with E-state index in [1.807, 2.05) is 0 Å². The number of carboxylic acids is 3. The van der Waals surface area contributed by atoms with E-state index in [-0.39, 0.29) is 6.54 Å². The minimum atomic E-state index is -1.42. The third-order valence-electron chi connectivity index (χ3n) is 8.78. The van der Waals surface area contributed by atoms with Gasteiger partial charge in [0.15, 0.2) is 12.1 Å². The first-order valence-electron chi connectivity index (χ1n) is 16.3. The fraction of sp³-hybridized carbons (Fsp3) is 0.848. The Morgan fingerprint density at radius 2 is 0.900 bits per heavy atom. The number of carboxylic acid groups (broad SMARTS) is 3. The Morgan fingerprint density at radius 3 is 1.23 bits per heavy atom. The van der Waals surface area contributed by atoms with E-state index in [1.165, 1.54) is 124 Å². The van der Waals surface area contributed by atoms with E-state index < -0.39 is 40.5 Å². The molecule has 0 spiro atoms. The Morgan fingerprint density at radius 1 is 0.575 bits per heavy atom. The summed E-state index contributed by atoms with van der Waals surface area (Å²) in [5, 5.41) is 31.0. The number of rotatable bonds is 28. The van der Waals surface area contributed by atoms with Gasteiger partial charge in [0.1, 0.15) is 6.04 Å². The lowest BCUT2D eigenvalue weighted by Crippen LogP contribution is -2.72. The largest absolute Gasteiger partial charge is 0.544 e.